The van der Waals surface area contributed by atoms with E-state index in [1.165, 1.54) is 32.3 Å². The van der Waals surface area contributed by atoms with E-state index in [-0.39, 0.29) is 0 Å². The van der Waals surface area contributed by atoms with Crippen LogP contribution in [0, 0.1) is 0 Å². The largest absolute Gasteiger partial charge is 0.309 e. The van der Waals surface area contributed by atoms with Crippen molar-refractivity contribution in [2.75, 3.05) is 0 Å². The maximum absolute atomic E-state index is 5.53. The monoisotopic (exact) mass is 1050 g/mol. The summed E-state index contributed by atoms with van der Waals surface area (Å²) >= 11 is 0. The Morgan fingerprint density at radius 2 is 0.598 bits per heavy atom. The van der Waals surface area contributed by atoms with Crippen LogP contribution in [0.1, 0.15) is 0 Å². The van der Waals surface area contributed by atoms with Crippen LogP contribution >= 0.6 is 0 Å². The van der Waals surface area contributed by atoms with E-state index < -0.39 is 0 Å². The summed E-state index contributed by atoms with van der Waals surface area (Å²) in [4.78, 5) is 16.3. The third-order valence-electron chi connectivity index (χ3n) is 16.6. The van der Waals surface area contributed by atoms with Crippen LogP contribution < -0.4 is 0 Å². The van der Waals surface area contributed by atoms with Gasteiger partial charge in [-0.15, -0.1) is 0 Å². The maximum Gasteiger partial charge on any atom is 0.166 e. The lowest BCUT2D eigenvalue weighted by Crippen LogP contribution is -2.05. The lowest BCUT2D eigenvalue weighted by Gasteiger charge is -2.18. The zero-order chi connectivity index (χ0) is 53.8. The first-order valence-electron chi connectivity index (χ1n) is 27.9. The Bertz CT molecular complexity index is 5060. The van der Waals surface area contributed by atoms with E-state index in [1.807, 2.05) is 36.4 Å². The van der Waals surface area contributed by atoms with Crippen LogP contribution in [-0.2, 0) is 0 Å². The van der Waals surface area contributed by atoms with Gasteiger partial charge in [0.15, 0.2) is 17.5 Å². The molecule has 0 radical (unpaired) electrons. The third kappa shape index (κ3) is 7.00. The highest BCUT2D eigenvalue weighted by Gasteiger charge is 2.25. The van der Waals surface area contributed by atoms with Gasteiger partial charge in [0.05, 0.1) is 49.8 Å². The van der Waals surface area contributed by atoms with Crippen molar-refractivity contribution in [3.05, 3.63) is 285 Å². The van der Waals surface area contributed by atoms with E-state index in [1.54, 1.807) is 0 Å². The summed E-state index contributed by atoms with van der Waals surface area (Å²) < 4.78 is 9.71. The molecule has 0 bridgehead atoms. The second kappa shape index (κ2) is 18.2. The second-order valence-electron chi connectivity index (χ2n) is 21.1. The van der Waals surface area contributed by atoms with Gasteiger partial charge in [0.1, 0.15) is 0 Å². The lowest BCUT2D eigenvalue weighted by atomic mass is 9.98. The fourth-order valence-corrected chi connectivity index (χ4v) is 13.0. The summed E-state index contributed by atoms with van der Waals surface area (Å²) in [5, 5.41) is 9.49. The summed E-state index contributed by atoms with van der Waals surface area (Å²) in [6.45, 7) is 0. The molecule has 0 fully saturated rings. The van der Waals surface area contributed by atoms with Crippen molar-refractivity contribution in [2.24, 2.45) is 0 Å². The molecule has 17 rings (SSSR count). The van der Waals surface area contributed by atoms with E-state index in [9.17, 15) is 0 Å². The minimum absolute atomic E-state index is 0.562. The van der Waals surface area contributed by atoms with E-state index in [2.05, 4.69) is 267 Å². The minimum Gasteiger partial charge on any atom is -0.309 e. The smallest absolute Gasteiger partial charge is 0.166 e. The van der Waals surface area contributed by atoms with Crippen molar-refractivity contribution in [1.82, 2.24) is 33.2 Å². The topological polar surface area (TPSA) is 58.4 Å². The van der Waals surface area contributed by atoms with Crippen molar-refractivity contribution < 1.29 is 0 Å². The molecule has 7 nitrogen and oxygen atoms in total. The zero-order valence-corrected chi connectivity index (χ0v) is 44.3. The molecule has 0 atom stereocenters. The first kappa shape index (κ1) is 45.8. The van der Waals surface area contributed by atoms with Gasteiger partial charge < -0.3 is 18.3 Å². The summed E-state index contributed by atoms with van der Waals surface area (Å²) in [5.74, 6) is 1.75. The molecule has 0 aliphatic carbocycles. The van der Waals surface area contributed by atoms with Gasteiger partial charge in [-0.05, 0) is 84.4 Å². The first-order chi connectivity index (χ1) is 40.7. The van der Waals surface area contributed by atoms with Gasteiger partial charge in [-0.25, -0.2) is 15.0 Å². The van der Waals surface area contributed by atoms with Crippen molar-refractivity contribution in [3.8, 4) is 68.0 Å². The standard InChI is InChI=1S/C75H47N7/c1-4-21-48(22-5-1)73-76-74(49-23-6-2-7-24-49)78-75(77-73)63-45-50(54-32-20-33-62-59-31-14-19-38-68(59)81(72(54)62)51-25-8-3-9-26-51)39-44-69(63)82-70-46-52(79-64-34-15-10-27-55(64)56-28-11-16-35-65(56)79)40-42-60(70)61-43-41-53(47-71(61)82)80-66-36-17-12-29-57(66)58-30-13-18-37-67(58)80/h1-47H. The predicted molar refractivity (Wildman–Crippen MR) is 339 cm³/mol. The summed E-state index contributed by atoms with van der Waals surface area (Å²) in [6, 6.07) is 102. The number of aromatic nitrogens is 7. The molecule has 0 aliphatic rings. The highest BCUT2D eigenvalue weighted by atomic mass is 15.1. The highest BCUT2D eigenvalue weighted by Crippen LogP contribution is 2.44. The number of para-hydroxylation sites is 7. The van der Waals surface area contributed by atoms with E-state index in [0.29, 0.717) is 17.5 Å². The molecule has 0 spiro atoms. The van der Waals surface area contributed by atoms with Crippen molar-refractivity contribution in [1.29, 1.82) is 0 Å². The fraction of sp³-hybridized carbons (Fsp3) is 0. The molecular formula is C75H47N7. The molecule has 0 aliphatic heterocycles. The quantitative estimate of drug-likeness (QED) is 0.152. The first-order valence-corrected chi connectivity index (χ1v) is 27.9. The van der Waals surface area contributed by atoms with Crippen LogP contribution in [0.2, 0.25) is 0 Å². The summed E-state index contributed by atoms with van der Waals surface area (Å²) in [5.41, 5.74) is 17.9. The molecular weight excluding hydrogens is 999 g/mol. The molecule has 12 aromatic carbocycles. The molecule has 382 valence electrons. The van der Waals surface area contributed by atoms with Crippen LogP contribution in [0.15, 0.2) is 285 Å². The molecule has 0 saturated carbocycles. The number of rotatable bonds is 8. The van der Waals surface area contributed by atoms with Crippen LogP contribution in [-0.4, -0.2) is 33.2 Å². The number of benzene rings is 12. The molecule has 0 amide bonds. The number of fused-ring (bicyclic) bond motifs is 12. The summed E-state index contributed by atoms with van der Waals surface area (Å²) in [7, 11) is 0. The van der Waals surface area contributed by atoms with Crippen molar-refractivity contribution in [2.45, 2.75) is 0 Å². The molecule has 0 saturated heterocycles. The van der Waals surface area contributed by atoms with Crippen molar-refractivity contribution >= 4 is 87.2 Å². The van der Waals surface area contributed by atoms with Crippen molar-refractivity contribution in [3.63, 3.8) is 0 Å². The Labute approximate surface area is 471 Å². The van der Waals surface area contributed by atoms with Crippen LogP contribution in [0.5, 0.6) is 0 Å². The van der Waals surface area contributed by atoms with Gasteiger partial charge in [0, 0.05) is 82.4 Å². The molecule has 0 N–H and O–H groups in total. The van der Waals surface area contributed by atoms with Gasteiger partial charge >= 0.3 is 0 Å². The molecule has 17 aromatic rings. The number of nitrogens with zero attached hydrogens (tertiary/aromatic N) is 7. The lowest BCUT2D eigenvalue weighted by molar-refractivity contribution is 1.06. The Morgan fingerprint density at radius 3 is 1.09 bits per heavy atom. The molecule has 5 aromatic heterocycles. The zero-order valence-electron chi connectivity index (χ0n) is 44.3. The summed E-state index contributed by atoms with van der Waals surface area (Å²) in [6.07, 6.45) is 0. The maximum atomic E-state index is 5.53. The number of hydrogen-bond acceptors (Lipinski definition) is 3. The average Bonchev–Trinajstić information content (AvgIpc) is 2.88. The Hall–Kier alpha value is -11.2. The molecule has 0 unspecified atom stereocenters. The minimum atomic E-state index is 0.562. The molecule has 7 heteroatoms. The Kier molecular flexibility index (Phi) is 10.2. The third-order valence-corrected chi connectivity index (χ3v) is 16.6. The van der Waals surface area contributed by atoms with Gasteiger partial charge in [-0.1, -0.05) is 206 Å². The van der Waals surface area contributed by atoms with Gasteiger partial charge in [-0.2, -0.15) is 0 Å². The Balaban J connectivity index is 1.01. The normalized spacial score (nSPS) is 11.9. The Morgan fingerprint density at radius 1 is 0.207 bits per heavy atom. The van der Waals surface area contributed by atoms with Gasteiger partial charge in [-0.3, -0.25) is 0 Å². The highest BCUT2D eigenvalue weighted by molar-refractivity contribution is 6.16. The molecule has 82 heavy (non-hydrogen) atoms. The van der Waals surface area contributed by atoms with Crippen LogP contribution in [0.3, 0.4) is 0 Å². The van der Waals surface area contributed by atoms with E-state index in [4.69, 9.17) is 15.0 Å². The SMILES string of the molecule is c1ccc(-c2nc(-c3ccccc3)nc(-c3cc(-c4cccc5c6ccccc6n(-c6ccccc6)c45)ccc3-n3c4cc(-n5c6ccccc6c6ccccc65)ccc4c4ccc(-n5c6ccccc6c6ccccc65)cc43)n2)cc1. The fourth-order valence-electron chi connectivity index (χ4n) is 13.0. The van der Waals surface area contributed by atoms with Crippen LogP contribution in [0.4, 0.5) is 0 Å². The van der Waals surface area contributed by atoms with E-state index in [0.717, 1.165) is 105 Å². The second-order valence-corrected chi connectivity index (χ2v) is 21.1. The number of hydrogen-bond donors (Lipinski definition) is 0. The van der Waals surface area contributed by atoms with Gasteiger partial charge in [0.2, 0.25) is 0 Å². The predicted octanol–water partition coefficient (Wildman–Crippen LogP) is 18.9. The van der Waals surface area contributed by atoms with Crippen LogP contribution in [0.25, 0.3) is 155 Å². The molecule has 5 heterocycles. The average molecular weight is 1050 g/mol. The van der Waals surface area contributed by atoms with Gasteiger partial charge in [0.25, 0.3) is 0 Å². The van der Waals surface area contributed by atoms with E-state index >= 15 is 0 Å².